The number of rotatable bonds is 4. The second-order valence-corrected chi connectivity index (χ2v) is 4.89. The lowest BCUT2D eigenvalue weighted by Crippen LogP contribution is -2.10. The summed E-state index contributed by atoms with van der Waals surface area (Å²) in [6.45, 7) is 3.41. The Hall–Kier alpha value is -2.51. The Bertz CT molecular complexity index is 723. The van der Waals surface area contributed by atoms with E-state index in [1.54, 1.807) is 13.8 Å². The average Bonchev–Trinajstić information content (AvgIpc) is 2.82. The van der Waals surface area contributed by atoms with Crippen molar-refractivity contribution in [3.8, 4) is 5.75 Å². The van der Waals surface area contributed by atoms with Crippen LogP contribution in [-0.4, -0.2) is 27.5 Å². The highest BCUT2D eigenvalue weighted by molar-refractivity contribution is 5.87. The van der Waals surface area contributed by atoms with Crippen LogP contribution >= 0.6 is 0 Å². The van der Waals surface area contributed by atoms with Crippen LogP contribution in [0.15, 0.2) is 24.3 Å². The van der Waals surface area contributed by atoms with Gasteiger partial charge in [0.05, 0.1) is 18.7 Å². The summed E-state index contributed by atoms with van der Waals surface area (Å²) in [4.78, 5) is 11.6. The molecule has 0 radical (unpaired) electrons. The molecule has 1 N–H and O–H groups in total. The van der Waals surface area contributed by atoms with Gasteiger partial charge in [0.15, 0.2) is 5.69 Å². The standard InChI is InChI=1S/C15H15F3N2O3/c1-3-23-14(22)12-6-9(2)20(19-12)8-10-7-11(15(16,17)18)4-5-13(10)21/h4-7,21H,3,8H2,1-2H3. The molecule has 1 aromatic carbocycles. The Balaban J connectivity index is 2.31. The van der Waals surface area contributed by atoms with Crippen molar-refractivity contribution in [2.24, 2.45) is 0 Å². The molecule has 0 amide bonds. The molecule has 5 nitrogen and oxygen atoms in total. The minimum Gasteiger partial charge on any atom is -0.508 e. The summed E-state index contributed by atoms with van der Waals surface area (Å²) in [7, 11) is 0. The zero-order valence-corrected chi connectivity index (χ0v) is 12.5. The minimum atomic E-state index is -4.50. The molecule has 1 heterocycles. The summed E-state index contributed by atoms with van der Waals surface area (Å²) in [6.07, 6.45) is -4.50. The van der Waals surface area contributed by atoms with Crippen LogP contribution in [0.2, 0.25) is 0 Å². The Morgan fingerprint density at radius 1 is 1.35 bits per heavy atom. The van der Waals surface area contributed by atoms with Crippen molar-refractivity contribution in [3.05, 3.63) is 46.8 Å². The number of aryl methyl sites for hydroxylation is 1. The molecular formula is C15H15F3N2O3. The number of phenolic OH excluding ortho intramolecular Hbond substituents is 1. The van der Waals surface area contributed by atoms with Crippen LogP contribution in [0.3, 0.4) is 0 Å². The molecule has 0 bridgehead atoms. The second kappa shape index (κ2) is 6.31. The van der Waals surface area contributed by atoms with E-state index in [0.717, 1.165) is 18.2 Å². The van der Waals surface area contributed by atoms with Gasteiger partial charge >= 0.3 is 12.1 Å². The van der Waals surface area contributed by atoms with E-state index in [0.29, 0.717) is 5.69 Å². The molecule has 2 rings (SSSR count). The van der Waals surface area contributed by atoms with Gasteiger partial charge in [-0.1, -0.05) is 0 Å². The van der Waals surface area contributed by atoms with Crippen LogP contribution < -0.4 is 0 Å². The van der Waals surface area contributed by atoms with E-state index in [1.165, 1.54) is 10.7 Å². The molecule has 0 atom stereocenters. The molecule has 0 aliphatic rings. The highest BCUT2D eigenvalue weighted by atomic mass is 19.4. The number of ether oxygens (including phenoxy) is 1. The quantitative estimate of drug-likeness (QED) is 0.876. The number of carbonyl (C=O) groups is 1. The first-order chi connectivity index (χ1) is 10.7. The average molecular weight is 328 g/mol. The molecule has 0 saturated carbocycles. The summed E-state index contributed by atoms with van der Waals surface area (Å²) in [5.74, 6) is -0.881. The van der Waals surface area contributed by atoms with Gasteiger partial charge in [-0.05, 0) is 38.1 Å². The summed E-state index contributed by atoms with van der Waals surface area (Å²) >= 11 is 0. The predicted molar refractivity (Wildman–Crippen MR) is 75.1 cm³/mol. The molecule has 0 unspecified atom stereocenters. The number of hydrogen-bond acceptors (Lipinski definition) is 4. The summed E-state index contributed by atoms with van der Waals surface area (Å²) in [5.41, 5.74) is -0.178. The van der Waals surface area contributed by atoms with Gasteiger partial charge in [-0.15, -0.1) is 0 Å². The van der Waals surface area contributed by atoms with Crippen molar-refractivity contribution in [1.29, 1.82) is 0 Å². The first-order valence-corrected chi connectivity index (χ1v) is 6.83. The largest absolute Gasteiger partial charge is 0.508 e. The van der Waals surface area contributed by atoms with E-state index in [9.17, 15) is 23.1 Å². The monoisotopic (exact) mass is 328 g/mol. The maximum absolute atomic E-state index is 12.7. The highest BCUT2D eigenvalue weighted by Gasteiger charge is 2.31. The molecule has 8 heteroatoms. The fourth-order valence-corrected chi connectivity index (χ4v) is 2.02. The number of benzene rings is 1. The van der Waals surface area contributed by atoms with Gasteiger partial charge in [-0.2, -0.15) is 18.3 Å². The van der Waals surface area contributed by atoms with Crippen LogP contribution in [0.4, 0.5) is 13.2 Å². The number of carbonyl (C=O) groups excluding carboxylic acids is 1. The Morgan fingerprint density at radius 2 is 2.04 bits per heavy atom. The van der Waals surface area contributed by atoms with E-state index >= 15 is 0 Å². The summed E-state index contributed by atoms with van der Waals surface area (Å²) < 4.78 is 44.4. The minimum absolute atomic E-state index is 0.0569. The lowest BCUT2D eigenvalue weighted by molar-refractivity contribution is -0.137. The Labute approximate surface area is 130 Å². The predicted octanol–water partition coefficient (Wildman–Crippen LogP) is 3.14. The van der Waals surface area contributed by atoms with Gasteiger partial charge in [-0.3, -0.25) is 4.68 Å². The smallest absolute Gasteiger partial charge is 0.416 e. The first-order valence-electron chi connectivity index (χ1n) is 6.83. The van der Waals surface area contributed by atoms with Crippen LogP contribution in [0.5, 0.6) is 5.75 Å². The maximum atomic E-state index is 12.7. The maximum Gasteiger partial charge on any atom is 0.416 e. The van der Waals surface area contributed by atoms with Crippen LogP contribution in [0, 0.1) is 6.92 Å². The van der Waals surface area contributed by atoms with Crippen molar-refractivity contribution in [3.63, 3.8) is 0 Å². The number of aromatic hydroxyl groups is 1. The van der Waals surface area contributed by atoms with Gasteiger partial charge in [0.1, 0.15) is 5.75 Å². The van der Waals surface area contributed by atoms with Crippen LogP contribution in [0.25, 0.3) is 0 Å². The molecular weight excluding hydrogens is 313 g/mol. The third-order valence-corrected chi connectivity index (χ3v) is 3.19. The van der Waals surface area contributed by atoms with Gasteiger partial charge in [0, 0.05) is 11.3 Å². The first kappa shape index (κ1) is 16.9. The molecule has 0 aliphatic carbocycles. The fraction of sp³-hybridized carbons (Fsp3) is 0.333. The second-order valence-electron chi connectivity index (χ2n) is 4.89. The van der Waals surface area contributed by atoms with E-state index < -0.39 is 17.7 Å². The lowest BCUT2D eigenvalue weighted by Gasteiger charge is -2.11. The summed E-state index contributed by atoms with van der Waals surface area (Å²) in [5, 5.41) is 13.8. The van der Waals surface area contributed by atoms with E-state index in [-0.39, 0.29) is 30.2 Å². The fourth-order valence-electron chi connectivity index (χ4n) is 2.02. The number of hydrogen-bond donors (Lipinski definition) is 1. The van der Waals surface area contributed by atoms with Crippen LogP contribution in [0.1, 0.15) is 34.2 Å². The highest BCUT2D eigenvalue weighted by Crippen LogP contribution is 2.32. The van der Waals surface area contributed by atoms with Crippen molar-refractivity contribution >= 4 is 5.97 Å². The zero-order chi connectivity index (χ0) is 17.2. The molecule has 0 spiro atoms. The molecule has 1 aromatic heterocycles. The van der Waals surface area contributed by atoms with Crippen LogP contribution in [-0.2, 0) is 17.5 Å². The number of halogens is 3. The molecule has 0 saturated heterocycles. The molecule has 124 valence electrons. The van der Waals surface area contributed by atoms with Crippen molar-refractivity contribution in [1.82, 2.24) is 9.78 Å². The normalized spacial score (nSPS) is 11.5. The van der Waals surface area contributed by atoms with Crippen molar-refractivity contribution in [2.45, 2.75) is 26.6 Å². The van der Waals surface area contributed by atoms with Gasteiger partial charge in [0.25, 0.3) is 0 Å². The molecule has 2 aromatic rings. The number of nitrogens with zero attached hydrogens (tertiary/aromatic N) is 2. The number of phenols is 1. The van der Waals surface area contributed by atoms with E-state index in [4.69, 9.17) is 4.74 Å². The molecule has 0 aliphatic heterocycles. The molecule has 0 fully saturated rings. The van der Waals surface area contributed by atoms with Crippen molar-refractivity contribution < 1.29 is 27.8 Å². The number of alkyl halides is 3. The third kappa shape index (κ3) is 3.82. The van der Waals surface area contributed by atoms with Gasteiger partial charge in [-0.25, -0.2) is 4.79 Å². The topological polar surface area (TPSA) is 64.3 Å². The number of aromatic nitrogens is 2. The molecule has 23 heavy (non-hydrogen) atoms. The lowest BCUT2D eigenvalue weighted by atomic mass is 10.1. The van der Waals surface area contributed by atoms with Gasteiger partial charge in [0.2, 0.25) is 0 Å². The zero-order valence-electron chi connectivity index (χ0n) is 12.5. The SMILES string of the molecule is CCOC(=O)c1cc(C)n(Cc2cc(C(F)(F)F)ccc2O)n1. The van der Waals surface area contributed by atoms with Crippen molar-refractivity contribution in [2.75, 3.05) is 6.61 Å². The summed E-state index contributed by atoms with van der Waals surface area (Å²) in [6, 6.07) is 4.13. The Kier molecular flexibility index (Phi) is 4.63. The van der Waals surface area contributed by atoms with E-state index in [1.807, 2.05) is 0 Å². The third-order valence-electron chi connectivity index (χ3n) is 3.19. The number of esters is 1. The van der Waals surface area contributed by atoms with Gasteiger partial charge < -0.3 is 9.84 Å². The van der Waals surface area contributed by atoms with E-state index in [2.05, 4.69) is 5.10 Å². The Morgan fingerprint density at radius 3 is 2.65 bits per heavy atom.